The molecule has 7 nitrogen and oxygen atoms in total. The number of carboxylic acids is 1. The van der Waals surface area contributed by atoms with Gasteiger partial charge in [-0.25, -0.2) is 4.79 Å². The molecule has 0 bridgehead atoms. The van der Waals surface area contributed by atoms with Crippen molar-refractivity contribution in [1.29, 1.82) is 0 Å². The molecule has 136 valence electrons. The Morgan fingerprint density at radius 3 is 2.04 bits per heavy atom. The van der Waals surface area contributed by atoms with Gasteiger partial charge in [0.1, 0.15) is 11.6 Å². The predicted molar refractivity (Wildman–Crippen MR) is 87.0 cm³/mol. The third-order valence-corrected chi connectivity index (χ3v) is 5.29. The highest BCUT2D eigenvalue weighted by molar-refractivity contribution is 5.93. The van der Waals surface area contributed by atoms with Crippen LogP contribution in [0.5, 0.6) is 0 Å². The molecular formula is C17H28N2O5. The molecule has 1 amide bonds. The van der Waals surface area contributed by atoms with Crippen molar-refractivity contribution >= 4 is 17.8 Å². The summed E-state index contributed by atoms with van der Waals surface area (Å²) in [7, 11) is 0. The molecule has 2 aliphatic carbocycles. The molecule has 2 aliphatic rings. The van der Waals surface area contributed by atoms with E-state index in [1.54, 1.807) is 0 Å². The van der Waals surface area contributed by atoms with Gasteiger partial charge in [0.2, 0.25) is 5.91 Å². The van der Waals surface area contributed by atoms with Crippen LogP contribution >= 0.6 is 0 Å². The Bertz CT molecular complexity index is 535. The Morgan fingerprint density at radius 2 is 1.62 bits per heavy atom. The number of rotatable bonds is 6. The molecule has 1 atom stereocenters. The second-order valence-electron chi connectivity index (χ2n) is 8.54. The molecule has 0 aromatic heterocycles. The van der Waals surface area contributed by atoms with E-state index in [-0.39, 0.29) is 16.9 Å². The van der Waals surface area contributed by atoms with Gasteiger partial charge >= 0.3 is 11.9 Å². The smallest absolute Gasteiger partial charge is 0.332 e. The zero-order chi connectivity index (χ0) is 18.3. The van der Waals surface area contributed by atoms with Crippen LogP contribution in [-0.4, -0.2) is 40.6 Å². The topological polar surface area (TPSA) is 119 Å². The highest BCUT2D eigenvalue weighted by Gasteiger charge is 2.57. The number of esters is 1. The van der Waals surface area contributed by atoms with Crippen molar-refractivity contribution in [3.05, 3.63) is 0 Å². The first-order valence-corrected chi connectivity index (χ1v) is 8.40. The summed E-state index contributed by atoms with van der Waals surface area (Å²) in [6.45, 7) is 8.34. The van der Waals surface area contributed by atoms with Crippen LogP contribution in [0.1, 0.15) is 59.8 Å². The van der Waals surface area contributed by atoms with E-state index in [2.05, 4.69) is 33.0 Å². The molecule has 2 fully saturated rings. The van der Waals surface area contributed by atoms with Crippen molar-refractivity contribution in [2.45, 2.75) is 77.5 Å². The summed E-state index contributed by atoms with van der Waals surface area (Å²) in [5.74, 6) is -2.22. The highest BCUT2D eigenvalue weighted by Crippen LogP contribution is 2.51. The highest BCUT2D eigenvalue weighted by atomic mass is 16.5. The van der Waals surface area contributed by atoms with E-state index in [0.717, 1.165) is 12.8 Å². The van der Waals surface area contributed by atoms with Gasteiger partial charge in [-0.15, -0.1) is 0 Å². The van der Waals surface area contributed by atoms with Crippen LogP contribution in [0, 0.1) is 10.8 Å². The normalized spacial score (nSPS) is 24.9. The maximum atomic E-state index is 12.6. The summed E-state index contributed by atoms with van der Waals surface area (Å²) in [4.78, 5) is 35.3. The Morgan fingerprint density at radius 1 is 1.12 bits per heavy atom. The first-order valence-electron chi connectivity index (χ1n) is 8.40. The summed E-state index contributed by atoms with van der Waals surface area (Å²) < 4.78 is 5.82. The van der Waals surface area contributed by atoms with Crippen LogP contribution in [0.15, 0.2) is 0 Å². The average Bonchev–Trinajstić information content (AvgIpc) is 3.18. The molecule has 0 spiro atoms. The van der Waals surface area contributed by atoms with Gasteiger partial charge in [0.25, 0.3) is 0 Å². The molecule has 24 heavy (non-hydrogen) atoms. The van der Waals surface area contributed by atoms with E-state index < -0.39 is 35.8 Å². The number of ether oxygens (including phenoxy) is 1. The van der Waals surface area contributed by atoms with Crippen molar-refractivity contribution < 1.29 is 24.2 Å². The third-order valence-electron chi connectivity index (χ3n) is 5.29. The fourth-order valence-electron chi connectivity index (χ4n) is 3.62. The van der Waals surface area contributed by atoms with E-state index in [1.165, 1.54) is 0 Å². The number of hydrogen-bond acceptors (Lipinski definition) is 5. The summed E-state index contributed by atoms with van der Waals surface area (Å²) in [6.07, 6.45) is 2.23. The Kier molecular flexibility index (Phi) is 4.69. The maximum Gasteiger partial charge on any atom is 0.332 e. The van der Waals surface area contributed by atoms with E-state index in [4.69, 9.17) is 15.6 Å². The second-order valence-corrected chi connectivity index (χ2v) is 8.54. The van der Waals surface area contributed by atoms with Crippen molar-refractivity contribution in [3.63, 3.8) is 0 Å². The fraction of sp³-hybridized carbons (Fsp3) is 0.824. The largest absolute Gasteiger partial charge is 0.481 e. The molecule has 7 heteroatoms. The third kappa shape index (κ3) is 3.71. The Hall–Kier alpha value is -1.63. The molecular weight excluding hydrogens is 312 g/mol. The van der Waals surface area contributed by atoms with E-state index in [1.807, 2.05) is 0 Å². The zero-order valence-electron chi connectivity index (χ0n) is 14.8. The van der Waals surface area contributed by atoms with Crippen molar-refractivity contribution in [3.8, 4) is 0 Å². The van der Waals surface area contributed by atoms with Crippen LogP contribution in [-0.2, 0) is 19.1 Å². The maximum absolute atomic E-state index is 12.6. The molecule has 0 aromatic carbocycles. The number of carbonyl (C=O) groups excluding carboxylic acids is 2. The average molecular weight is 340 g/mol. The lowest BCUT2D eigenvalue weighted by Gasteiger charge is -2.35. The van der Waals surface area contributed by atoms with Gasteiger partial charge in [0, 0.05) is 10.8 Å². The minimum Gasteiger partial charge on any atom is -0.481 e. The van der Waals surface area contributed by atoms with Crippen LogP contribution < -0.4 is 11.1 Å². The van der Waals surface area contributed by atoms with E-state index in [0.29, 0.717) is 12.8 Å². The molecule has 0 heterocycles. The van der Waals surface area contributed by atoms with Crippen LogP contribution in [0.4, 0.5) is 0 Å². The monoisotopic (exact) mass is 340 g/mol. The predicted octanol–water partition coefficient (Wildman–Crippen LogP) is 1.20. The molecule has 0 aliphatic heterocycles. The number of nitrogens with two attached hydrogens (primary N) is 1. The summed E-state index contributed by atoms with van der Waals surface area (Å²) >= 11 is 0. The lowest BCUT2D eigenvalue weighted by molar-refractivity contribution is -0.165. The molecule has 2 rings (SSSR count). The van der Waals surface area contributed by atoms with Crippen LogP contribution in [0.2, 0.25) is 0 Å². The lowest BCUT2D eigenvalue weighted by atomic mass is 9.81. The number of nitrogens with one attached hydrogen (secondary N) is 1. The minimum atomic E-state index is -1.17. The van der Waals surface area contributed by atoms with Gasteiger partial charge < -0.3 is 20.9 Å². The van der Waals surface area contributed by atoms with Gasteiger partial charge in [-0.1, -0.05) is 27.7 Å². The summed E-state index contributed by atoms with van der Waals surface area (Å²) in [5.41, 5.74) is 4.29. The number of carbonyl (C=O) groups is 3. The fourth-order valence-corrected chi connectivity index (χ4v) is 3.62. The van der Waals surface area contributed by atoms with Gasteiger partial charge in [-0.2, -0.15) is 0 Å². The molecule has 0 aromatic rings. The number of amides is 1. The second kappa shape index (κ2) is 6.02. The first-order chi connectivity index (χ1) is 10.9. The van der Waals surface area contributed by atoms with Crippen molar-refractivity contribution in [2.24, 2.45) is 16.6 Å². The van der Waals surface area contributed by atoms with E-state index >= 15 is 0 Å². The molecule has 0 saturated heterocycles. The molecule has 2 saturated carbocycles. The standard InChI is InChI=1S/C17H28N2O5/c1-15(2)5-6-16(3,4)13(15)24-14(23)17(7-8-17)19-12(22)10(18)9-11(20)21/h10,13H,5-9,18H2,1-4H3,(H,19,22)(H,20,21)/t10-/m0/s1. The number of hydrogen-bond donors (Lipinski definition) is 3. The number of carboxylic acid groups (broad SMARTS) is 1. The number of aliphatic carboxylic acids is 1. The molecule has 0 radical (unpaired) electrons. The summed E-state index contributed by atoms with van der Waals surface area (Å²) in [6, 6.07) is -1.17. The Balaban J connectivity index is 2.01. The molecule has 4 N–H and O–H groups in total. The lowest BCUT2D eigenvalue weighted by Crippen LogP contribution is -2.52. The van der Waals surface area contributed by atoms with E-state index in [9.17, 15) is 14.4 Å². The zero-order valence-corrected chi connectivity index (χ0v) is 14.8. The van der Waals surface area contributed by atoms with Crippen molar-refractivity contribution in [2.75, 3.05) is 0 Å². The van der Waals surface area contributed by atoms with Gasteiger partial charge in [-0.3, -0.25) is 9.59 Å². The van der Waals surface area contributed by atoms with Crippen LogP contribution in [0.25, 0.3) is 0 Å². The SMILES string of the molecule is CC1(C)CCC(C)(C)C1OC(=O)C1(NC(=O)[C@@H](N)CC(=O)O)CC1. The Labute approximate surface area is 142 Å². The molecule has 0 unspecified atom stereocenters. The first kappa shape index (κ1) is 18.7. The van der Waals surface area contributed by atoms with Crippen molar-refractivity contribution in [1.82, 2.24) is 5.32 Å². The van der Waals surface area contributed by atoms with Gasteiger partial charge in [0.15, 0.2) is 0 Å². The quantitative estimate of drug-likeness (QED) is 0.625. The van der Waals surface area contributed by atoms with Gasteiger partial charge in [0.05, 0.1) is 12.5 Å². The van der Waals surface area contributed by atoms with Gasteiger partial charge in [-0.05, 0) is 25.7 Å². The van der Waals surface area contributed by atoms with Crippen LogP contribution in [0.3, 0.4) is 0 Å². The summed E-state index contributed by atoms with van der Waals surface area (Å²) in [5, 5.41) is 11.3. The minimum absolute atomic E-state index is 0.112.